The minimum absolute atomic E-state index is 0.0119. The van der Waals surface area contributed by atoms with Crippen LogP contribution in [0.4, 0.5) is 38.2 Å². The van der Waals surface area contributed by atoms with E-state index in [4.69, 9.17) is 5.73 Å². The molecule has 0 saturated carbocycles. The van der Waals surface area contributed by atoms with Crippen molar-refractivity contribution < 1.29 is 26.3 Å². The fraction of sp³-hybridized carbons (Fsp3) is 0.667. The first kappa shape index (κ1) is 16.2. The molecular formula is C9H11F6N5. The molecule has 0 aliphatic rings. The average molecular weight is 303 g/mol. The zero-order valence-corrected chi connectivity index (χ0v) is 10.4. The summed E-state index contributed by atoms with van der Waals surface area (Å²) in [5.74, 6) is -1.25. The summed E-state index contributed by atoms with van der Waals surface area (Å²) in [5, 5.41) is 0. The Labute approximate surface area is 109 Å². The number of hydrogen-bond acceptors (Lipinski definition) is 5. The molecule has 0 saturated heterocycles. The largest absolute Gasteiger partial charge is 0.408 e. The van der Waals surface area contributed by atoms with Crippen molar-refractivity contribution in [2.24, 2.45) is 0 Å². The molecule has 1 aromatic heterocycles. The van der Waals surface area contributed by atoms with Gasteiger partial charge in [0.15, 0.2) is 0 Å². The van der Waals surface area contributed by atoms with Gasteiger partial charge in [0, 0.05) is 0 Å². The second-order valence-electron chi connectivity index (χ2n) is 3.99. The molecule has 0 aliphatic carbocycles. The van der Waals surface area contributed by atoms with Gasteiger partial charge in [0.1, 0.15) is 18.4 Å². The second-order valence-corrected chi connectivity index (χ2v) is 3.99. The number of aromatic nitrogens is 3. The van der Waals surface area contributed by atoms with Gasteiger partial charge in [-0.3, -0.25) is 0 Å². The minimum Gasteiger partial charge on any atom is -0.368 e. The van der Waals surface area contributed by atoms with E-state index in [0.29, 0.717) is 13.8 Å². The summed E-state index contributed by atoms with van der Waals surface area (Å²) in [6.07, 6.45) is -9.03. The summed E-state index contributed by atoms with van der Waals surface area (Å²) in [7, 11) is 0. The Morgan fingerprint density at radius 1 is 1.00 bits per heavy atom. The van der Waals surface area contributed by atoms with Crippen LogP contribution in [-0.2, 0) is 0 Å². The van der Waals surface area contributed by atoms with Crippen molar-refractivity contribution in [3.8, 4) is 0 Å². The first-order chi connectivity index (χ1) is 8.94. The van der Waals surface area contributed by atoms with Crippen LogP contribution in [0.3, 0.4) is 0 Å². The maximum absolute atomic E-state index is 12.7. The Bertz CT molecular complexity index is 439. The molecule has 2 N–H and O–H groups in total. The van der Waals surface area contributed by atoms with Gasteiger partial charge in [-0.25, -0.2) is 9.97 Å². The van der Waals surface area contributed by atoms with Crippen molar-refractivity contribution in [3.63, 3.8) is 0 Å². The predicted molar refractivity (Wildman–Crippen MR) is 57.8 cm³/mol. The van der Waals surface area contributed by atoms with Crippen LogP contribution in [-0.4, -0.2) is 39.4 Å². The lowest BCUT2D eigenvalue weighted by Crippen LogP contribution is -2.54. The van der Waals surface area contributed by atoms with Gasteiger partial charge in [-0.2, -0.15) is 31.3 Å². The molecule has 114 valence electrons. The molecule has 0 bridgehead atoms. The van der Waals surface area contributed by atoms with Crippen LogP contribution in [0, 0.1) is 0 Å². The van der Waals surface area contributed by atoms with E-state index in [1.54, 1.807) is 0 Å². The molecule has 0 spiro atoms. The lowest BCUT2D eigenvalue weighted by molar-refractivity contribution is -0.169. The maximum atomic E-state index is 12.7. The van der Waals surface area contributed by atoms with E-state index >= 15 is 0 Å². The molecule has 1 heterocycles. The van der Waals surface area contributed by atoms with Crippen molar-refractivity contribution in [3.05, 3.63) is 6.33 Å². The summed E-state index contributed by atoms with van der Waals surface area (Å²) in [6, 6.07) is -4.89. The highest BCUT2D eigenvalue weighted by Crippen LogP contribution is 2.34. The van der Waals surface area contributed by atoms with Gasteiger partial charge in [-0.15, -0.1) is 0 Å². The summed E-state index contributed by atoms with van der Waals surface area (Å²) < 4.78 is 76.3. The van der Waals surface area contributed by atoms with E-state index in [2.05, 4.69) is 15.0 Å². The summed E-state index contributed by atoms with van der Waals surface area (Å²) in [4.78, 5) is 10.0. The molecule has 0 aromatic carbocycles. The van der Waals surface area contributed by atoms with Crippen molar-refractivity contribution in [2.45, 2.75) is 38.3 Å². The quantitative estimate of drug-likeness (QED) is 0.867. The topological polar surface area (TPSA) is 67.9 Å². The highest BCUT2D eigenvalue weighted by Gasteiger charge is 2.50. The molecule has 1 aromatic rings. The molecule has 0 radical (unpaired) electrons. The molecule has 0 aliphatic heterocycles. The van der Waals surface area contributed by atoms with Crippen LogP contribution in [0.15, 0.2) is 6.33 Å². The molecule has 20 heavy (non-hydrogen) atoms. The maximum Gasteiger partial charge on any atom is 0.408 e. The van der Waals surface area contributed by atoms with Crippen molar-refractivity contribution >= 4 is 11.9 Å². The first-order valence-electron chi connectivity index (χ1n) is 5.31. The van der Waals surface area contributed by atoms with Gasteiger partial charge >= 0.3 is 12.4 Å². The molecule has 0 fully saturated rings. The van der Waals surface area contributed by atoms with Gasteiger partial charge in [0.2, 0.25) is 11.9 Å². The Hall–Kier alpha value is -1.81. The third-order valence-corrected chi connectivity index (χ3v) is 2.59. The van der Waals surface area contributed by atoms with Gasteiger partial charge in [0.25, 0.3) is 0 Å². The van der Waals surface area contributed by atoms with Gasteiger partial charge in [0.05, 0.1) is 0 Å². The lowest BCUT2D eigenvalue weighted by atomic mass is 10.2. The predicted octanol–water partition coefficient (Wildman–Crippen LogP) is 2.16. The Balaban J connectivity index is 3.28. The molecule has 5 nitrogen and oxygen atoms in total. The third kappa shape index (κ3) is 3.61. The van der Waals surface area contributed by atoms with Crippen molar-refractivity contribution in [1.82, 2.24) is 15.0 Å². The lowest BCUT2D eigenvalue weighted by Gasteiger charge is -2.36. The Morgan fingerprint density at radius 3 is 1.80 bits per heavy atom. The number of nitrogens with zero attached hydrogens (tertiary/aromatic N) is 4. The van der Waals surface area contributed by atoms with Crippen LogP contribution in [0.1, 0.15) is 13.8 Å². The minimum atomic E-state index is -4.89. The molecule has 0 unspecified atom stereocenters. The monoisotopic (exact) mass is 303 g/mol. The summed E-state index contributed by atoms with van der Waals surface area (Å²) >= 11 is 0. The van der Waals surface area contributed by atoms with Gasteiger partial charge in [-0.05, 0) is 13.8 Å². The van der Waals surface area contributed by atoms with E-state index < -0.39 is 36.3 Å². The van der Waals surface area contributed by atoms with E-state index in [0.717, 1.165) is 6.33 Å². The molecule has 1 rings (SSSR count). The summed E-state index contributed by atoms with van der Waals surface area (Å²) in [6.45, 7) is 1.17. The van der Waals surface area contributed by atoms with Crippen LogP contribution >= 0.6 is 0 Å². The number of rotatable bonds is 3. The normalized spacial score (nSPS) is 15.8. The number of nitrogens with two attached hydrogens (primary N) is 1. The highest BCUT2D eigenvalue weighted by atomic mass is 19.4. The SMILES string of the molecule is C[C@@H](N(c1ncnc(N)n1)[C@H](C)C(F)(F)F)C(F)(F)F. The zero-order valence-electron chi connectivity index (χ0n) is 10.4. The van der Waals surface area contributed by atoms with Gasteiger partial charge in [-0.1, -0.05) is 0 Å². The number of alkyl halides is 6. The van der Waals surface area contributed by atoms with E-state index in [1.807, 2.05) is 0 Å². The fourth-order valence-corrected chi connectivity index (χ4v) is 1.42. The van der Waals surface area contributed by atoms with Crippen LogP contribution in [0.5, 0.6) is 0 Å². The van der Waals surface area contributed by atoms with E-state index in [9.17, 15) is 26.3 Å². The molecule has 2 atom stereocenters. The smallest absolute Gasteiger partial charge is 0.368 e. The standard InChI is InChI=1S/C9H11F6N5/c1-4(8(10,11)12)20(5(2)9(13,14)15)7-18-3-17-6(16)19-7/h3-5H,1-2H3,(H2,16,17,18,19)/t4-,5-/m1/s1. The van der Waals surface area contributed by atoms with Crippen molar-refractivity contribution in [2.75, 3.05) is 10.6 Å². The van der Waals surface area contributed by atoms with Crippen LogP contribution in [0.2, 0.25) is 0 Å². The molecule has 11 heteroatoms. The Morgan fingerprint density at radius 2 is 1.45 bits per heavy atom. The second kappa shape index (κ2) is 5.29. The number of nitrogen functional groups attached to an aromatic ring is 1. The third-order valence-electron chi connectivity index (χ3n) is 2.59. The van der Waals surface area contributed by atoms with E-state index in [1.165, 1.54) is 0 Å². The van der Waals surface area contributed by atoms with Crippen molar-refractivity contribution in [1.29, 1.82) is 0 Å². The first-order valence-corrected chi connectivity index (χ1v) is 5.31. The van der Waals surface area contributed by atoms with Crippen LogP contribution < -0.4 is 10.6 Å². The average Bonchev–Trinajstić information content (AvgIpc) is 2.26. The number of anilines is 2. The number of halogens is 6. The zero-order chi connectivity index (χ0) is 15.7. The number of hydrogen-bond donors (Lipinski definition) is 1. The molecular weight excluding hydrogens is 292 g/mol. The summed E-state index contributed by atoms with van der Waals surface area (Å²) in [5.41, 5.74) is 5.16. The fourth-order valence-electron chi connectivity index (χ4n) is 1.42. The molecule has 0 amide bonds. The highest BCUT2D eigenvalue weighted by molar-refractivity contribution is 5.37. The van der Waals surface area contributed by atoms with Crippen LogP contribution in [0.25, 0.3) is 0 Å². The van der Waals surface area contributed by atoms with E-state index in [-0.39, 0.29) is 4.90 Å². The van der Waals surface area contributed by atoms with Gasteiger partial charge < -0.3 is 10.6 Å². The Kier molecular flexibility index (Phi) is 4.30.